The molecule has 1 aliphatic heterocycles. The fraction of sp³-hybridized carbons (Fsp3) is 0.346. The summed E-state index contributed by atoms with van der Waals surface area (Å²) >= 11 is 0. The van der Waals surface area contributed by atoms with Gasteiger partial charge in [-0.3, -0.25) is 19.4 Å². The molecule has 0 bridgehead atoms. The van der Waals surface area contributed by atoms with Gasteiger partial charge < -0.3 is 9.88 Å². The lowest BCUT2D eigenvalue weighted by Gasteiger charge is -2.30. The Hall–Kier alpha value is -3.61. The molecule has 0 spiro atoms. The summed E-state index contributed by atoms with van der Waals surface area (Å²) in [6.07, 6.45) is 7.25. The van der Waals surface area contributed by atoms with Crippen LogP contribution in [0.15, 0.2) is 59.7 Å². The van der Waals surface area contributed by atoms with Crippen molar-refractivity contribution in [2.45, 2.75) is 51.5 Å². The first-order chi connectivity index (χ1) is 16.0. The number of carbonyl (C=O) groups is 2. The zero-order chi connectivity index (χ0) is 23.2. The lowest BCUT2D eigenvalue weighted by Crippen LogP contribution is -2.42. The van der Waals surface area contributed by atoms with Crippen LogP contribution in [-0.2, 0) is 11.2 Å². The molecule has 33 heavy (non-hydrogen) atoms. The summed E-state index contributed by atoms with van der Waals surface area (Å²) in [5.74, 6) is 0.340. The normalized spacial score (nSPS) is 16.3. The molecule has 0 saturated carbocycles. The number of ketones is 1. The highest BCUT2D eigenvalue weighted by molar-refractivity contribution is 5.96. The van der Waals surface area contributed by atoms with Gasteiger partial charge in [-0.1, -0.05) is 43.2 Å². The summed E-state index contributed by atoms with van der Waals surface area (Å²) < 4.78 is 0. The zero-order valence-corrected chi connectivity index (χ0v) is 18.8. The topological polar surface area (TPSA) is 96.0 Å². The molecule has 0 aliphatic carbocycles. The van der Waals surface area contributed by atoms with Crippen LogP contribution in [0.3, 0.4) is 0 Å². The minimum atomic E-state index is -0.318. The maximum atomic E-state index is 13.3. The number of benzene rings is 1. The van der Waals surface area contributed by atoms with Crippen LogP contribution in [0.4, 0.5) is 0 Å². The molecule has 1 amide bonds. The van der Waals surface area contributed by atoms with Crippen LogP contribution in [0.5, 0.6) is 0 Å². The van der Waals surface area contributed by atoms with Crippen LogP contribution in [-0.4, -0.2) is 44.1 Å². The van der Waals surface area contributed by atoms with Crippen molar-refractivity contribution in [2.24, 2.45) is 0 Å². The second-order valence-corrected chi connectivity index (χ2v) is 8.48. The number of likely N-dealkylation sites (tertiary alicyclic amines) is 1. The number of Topliss-reactive ketones (excluding diaryl/α,β-unsaturated/α-hetero) is 1. The number of hydrogen-bond donors (Lipinski definition) is 1. The maximum absolute atomic E-state index is 13.3. The van der Waals surface area contributed by atoms with Gasteiger partial charge in [-0.05, 0) is 31.9 Å². The van der Waals surface area contributed by atoms with E-state index in [1.165, 1.54) is 0 Å². The van der Waals surface area contributed by atoms with Crippen LogP contribution >= 0.6 is 0 Å². The molecule has 7 heteroatoms. The SMILES string of the molecule is Cc1nc(-c2cccnc2)[nH]c(=O)c1CC(=O)N1CCCCC[C@H]1CC(=O)c1ccccc1. The average molecular weight is 445 g/mol. The number of pyridine rings is 1. The summed E-state index contributed by atoms with van der Waals surface area (Å²) in [6.45, 7) is 2.35. The van der Waals surface area contributed by atoms with Crippen molar-refractivity contribution in [1.29, 1.82) is 0 Å². The molecule has 1 atom stereocenters. The number of carbonyl (C=O) groups excluding carboxylic acids is 2. The van der Waals surface area contributed by atoms with Crippen molar-refractivity contribution in [1.82, 2.24) is 19.9 Å². The summed E-state index contributed by atoms with van der Waals surface area (Å²) in [4.78, 5) is 52.1. The van der Waals surface area contributed by atoms with E-state index in [2.05, 4.69) is 15.0 Å². The van der Waals surface area contributed by atoms with Crippen molar-refractivity contribution in [3.8, 4) is 11.4 Å². The molecule has 1 saturated heterocycles. The van der Waals surface area contributed by atoms with Crippen LogP contribution in [0.1, 0.15) is 53.7 Å². The van der Waals surface area contributed by atoms with Gasteiger partial charge in [0.05, 0.1) is 6.42 Å². The van der Waals surface area contributed by atoms with Crippen molar-refractivity contribution in [3.05, 3.63) is 82.0 Å². The lowest BCUT2D eigenvalue weighted by molar-refractivity contribution is -0.132. The van der Waals surface area contributed by atoms with Crippen LogP contribution < -0.4 is 5.56 Å². The van der Waals surface area contributed by atoms with Gasteiger partial charge >= 0.3 is 0 Å². The fourth-order valence-electron chi connectivity index (χ4n) is 4.38. The molecule has 1 aliphatic rings. The number of nitrogens with one attached hydrogen (secondary N) is 1. The number of aryl methyl sites for hydroxylation is 1. The van der Waals surface area contributed by atoms with E-state index in [4.69, 9.17) is 0 Å². The van der Waals surface area contributed by atoms with Gasteiger partial charge in [-0.15, -0.1) is 0 Å². The molecule has 0 unspecified atom stereocenters. The monoisotopic (exact) mass is 444 g/mol. The summed E-state index contributed by atoms with van der Waals surface area (Å²) in [5.41, 5.74) is 1.95. The molecule has 2 aromatic heterocycles. The lowest BCUT2D eigenvalue weighted by atomic mass is 9.99. The van der Waals surface area contributed by atoms with Gasteiger partial charge in [-0.2, -0.15) is 0 Å². The van der Waals surface area contributed by atoms with E-state index < -0.39 is 0 Å². The highest BCUT2D eigenvalue weighted by atomic mass is 16.2. The van der Waals surface area contributed by atoms with Gasteiger partial charge in [0.15, 0.2) is 5.78 Å². The standard InChI is InChI=1S/C26H28N4O3/c1-18-22(26(33)29-25(28-18)20-11-8-13-27-17-20)16-24(32)30-14-7-3-6-12-21(30)15-23(31)19-9-4-2-5-10-19/h2,4-5,8-11,13,17,21H,3,6-7,12,14-16H2,1H3,(H,28,29,33)/t21-/m0/s1. The first-order valence-electron chi connectivity index (χ1n) is 11.4. The summed E-state index contributed by atoms with van der Waals surface area (Å²) in [5, 5.41) is 0. The summed E-state index contributed by atoms with van der Waals surface area (Å²) in [7, 11) is 0. The molecular formula is C26H28N4O3. The van der Waals surface area contributed by atoms with Gasteiger partial charge in [0.2, 0.25) is 5.91 Å². The van der Waals surface area contributed by atoms with Crippen LogP contribution in [0.25, 0.3) is 11.4 Å². The Morgan fingerprint density at radius 3 is 2.64 bits per heavy atom. The predicted molar refractivity (Wildman–Crippen MR) is 126 cm³/mol. The minimum absolute atomic E-state index is 0.0302. The Morgan fingerprint density at radius 1 is 1.09 bits per heavy atom. The third-order valence-electron chi connectivity index (χ3n) is 6.20. The third kappa shape index (κ3) is 5.42. The van der Waals surface area contributed by atoms with E-state index in [0.29, 0.717) is 41.2 Å². The van der Waals surface area contributed by atoms with E-state index >= 15 is 0 Å². The number of rotatable bonds is 6. The Bertz CT molecular complexity index is 1180. The van der Waals surface area contributed by atoms with Gasteiger partial charge in [0, 0.05) is 53.8 Å². The van der Waals surface area contributed by atoms with E-state index in [0.717, 1.165) is 25.7 Å². The van der Waals surface area contributed by atoms with E-state index in [1.54, 1.807) is 25.4 Å². The molecule has 170 valence electrons. The average Bonchev–Trinajstić information content (AvgIpc) is 3.07. The molecule has 3 aromatic rings. The van der Waals surface area contributed by atoms with Crippen molar-refractivity contribution < 1.29 is 9.59 Å². The number of aromatic nitrogens is 3. The smallest absolute Gasteiger partial charge is 0.255 e. The molecular weight excluding hydrogens is 416 g/mol. The number of nitrogens with zero attached hydrogens (tertiary/aromatic N) is 3. The fourth-order valence-corrected chi connectivity index (χ4v) is 4.38. The number of aromatic amines is 1. The third-order valence-corrected chi connectivity index (χ3v) is 6.20. The van der Waals surface area contributed by atoms with Gasteiger partial charge in [0.1, 0.15) is 5.82 Å². The van der Waals surface area contributed by atoms with E-state index in [-0.39, 0.29) is 29.7 Å². The quantitative estimate of drug-likeness (QED) is 0.585. The first-order valence-corrected chi connectivity index (χ1v) is 11.4. The van der Waals surface area contributed by atoms with Gasteiger partial charge in [0.25, 0.3) is 5.56 Å². The van der Waals surface area contributed by atoms with Crippen LogP contribution in [0.2, 0.25) is 0 Å². The van der Waals surface area contributed by atoms with Gasteiger partial charge in [-0.25, -0.2) is 4.98 Å². The predicted octanol–water partition coefficient (Wildman–Crippen LogP) is 3.73. The second kappa shape index (κ2) is 10.3. The molecule has 3 heterocycles. The van der Waals surface area contributed by atoms with E-state index in [9.17, 15) is 14.4 Å². The number of amides is 1. The number of hydrogen-bond acceptors (Lipinski definition) is 5. The van der Waals surface area contributed by atoms with Crippen LogP contribution in [0, 0.1) is 6.92 Å². The highest BCUT2D eigenvalue weighted by Gasteiger charge is 2.28. The first kappa shape index (κ1) is 22.6. The minimum Gasteiger partial charge on any atom is -0.339 e. The molecule has 7 nitrogen and oxygen atoms in total. The second-order valence-electron chi connectivity index (χ2n) is 8.48. The van der Waals surface area contributed by atoms with Crippen molar-refractivity contribution in [3.63, 3.8) is 0 Å². The maximum Gasteiger partial charge on any atom is 0.255 e. The number of H-pyrrole nitrogens is 1. The largest absolute Gasteiger partial charge is 0.339 e. The van der Waals surface area contributed by atoms with E-state index in [1.807, 2.05) is 41.3 Å². The highest BCUT2D eigenvalue weighted by Crippen LogP contribution is 2.22. The Balaban J connectivity index is 1.53. The molecule has 4 rings (SSSR count). The molecule has 1 N–H and O–H groups in total. The Labute approximate surface area is 192 Å². The Kier molecular flexibility index (Phi) is 7.07. The van der Waals surface area contributed by atoms with Crippen molar-refractivity contribution in [2.75, 3.05) is 6.54 Å². The Morgan fingerprint density at radius 2 is 1.91 bits per heavy atom. The summed E-state index contributed by atoms with van der Waals surface area (Å²) in [6, 6.07) is 12.6. The molecule has 0 radical (unpaired) electrons. The zero-order valence-electron chi connectivity index (χ0n) is 18.8. The molecule has 1 fully saturated rings. The molecule has 1 aromatic carbocycles. The van der Waals surface area contributed by atoms with Crippen molar-refractivity contribution >= 4 is 11.7 Å².